The SMILES string of the molecule is O=C(CSc1ccc(Cl)cc1)NC(Cc1ccco1)C(=O)N1CCC(n2c(=O)[nH]c3ccccc32)CC1. The Kier molecular flexibility index (Phi) is 7.71. The number of halogens is 1. The number of furan rings is 1. The number of amides is 2. The molecule has 1 aliphatic rings. The molecular formula is C27H27ClN4O4S. The molecule has 192 valence electrons. The normalized spacial score (nSPS) is 15.1. The van der Waals surface area contributed by atoms with Gasteiger partial charge in [0.1, 0.15) is 11.8 Å². The lowest BCUT2D eigenvalue weighted by Crippen LogP contribution is -2.52. The van der Waals surface area contributed by atoms with Crippen molar-refractivity contribution in [1.29, 1.82) is 0 Å². The average molecular weight is 539 g/mol. The van der Waals surface area contributed by atoms with Crippen LogP contribution in [0.3, 0.4) is 0 Å². The number of carbonyl (C=O) groups excluding carboxylic acids is 2. The van der Waals surface area contributed by atoms with E-state index in [9.17, 15) is 14.4 Å². The molecule has 0 aliphatic carbocycles. The number of carbonyl (C=O) groups is 2. The maximum absolute atomic E-state index is 13.5. The van der Waals surface area contributed by atoms with Crippen LogP contribution in [-0.2, 0) is 16.0 Å². The fraction of sp³-hybridized carbons (Fsp3) is 0.296. The van der Waals surface area contributed by atoms with Gasteiger partial charge in [-0.25, -0.2) is 4.79 Å². The topological polar surface area (TPSA) is 100 Å². The summed E-state index contributed by atoms with van der Waals surface area (Å²) < 4.78 is 7.26. The molecule has 1 aliphatic heterocycles. The molecule has 10 heteroatoms. The van der Waals surface area contributed by atoms with Crippen molar-refractivity contribution < 1.29 is 14.0 Å². The second-order valence-corrected chi connectivity index (χ2v) is 10.5. The summed E-state index contributed by atoms with van der Waals surface area (Å²) in [7, 11) is 0. The number of piperidine rings is 1. The standard InChI is InChI=1S/C27H27ClN4O4S/c28-18-7-9-21(10-8-18)37-17-25(33)29-23(16-20-4-3-15-36-20)26(34)31-13-11-19(12-14-31)32-24-6-2-1-5-22(24)30-27(32)35/h1-10,15,19,23H,11-14,16-17H2,(H,29,33)(H,30,35). The van der Waals surface area contributed by atoms with Crippen molar-refractivity contribution >= 4 is 46.2 Å². The van der Waals surface area contributed by atoms with Crippen LogP contribution < -0.4 is 11.0 Å². The monoisotopic (exact) mass is 538 g/mol. The Bertz CT molecular complexity index is 1420. The van der Waals surface area contributed by atoms with Crippen LogP contribution in [0.2, 0.25) is 5.02 Å². The van der Waals surface area contributed by atoms with Crippen molar-refractivity contribution in [3.05, 3.63) is 88.2 Å². The van der Waals surface area contributed by atoms with Gasteiger partial charge in [0, 0.05) is 35.5 Å². The van der Waals surface area contributed by atoms with Gasteiger partial charge in [-0.2, -0.15) is 0 Å². The van der Waals surface area contributed by atoms with E-state index in [-0.39, 0.29) is 35.7 Å². The second kappa shape index (κ2) is 11.3. The summed E-state index contributed by atoms with van der Waals surface area (Å²) >= 11 is 7.31. The Balaban J connectivity index is 1.23. The number of nitrogens with one attached hydrogen (secondary N) is 2. The number of H-pyrrole nitrogens is 1. The predicted molar refractivity (Wildman–Crippen MR) is 144 cm³/mol. The minimum Gasteiger partial charge on any atom is -0.469 e. The Morgan fingerprint density at radius 1 is 1.08 bits per heavy atom. The molecule has 1 saturated heterocycles. The second-order valence-electron chi connectivity index (χ2n) is 9.02. The molecule has 0 saturated carbocycles. The number of likely N-dealkylation sites (tertiary alicyclic amines) is 1. The van der Waals surface area contributed by atoms with E-state index in [0.29, 0.717) is 36.7 Å². The van der Waals surface area contributed by atoms with Crippen molar-refractivity contribution in [2.24, 2.45) is 0 Å². The van der Waals surface area contributed by atoms with Gasteiger partial charge in [-0.15, -0.1) is 11.8 Å². The smallest absolute Gasteiger partial charge is 0.326 e. The first-order chi connectivity index (χ1) is 18.0. The number of fused-ring (bicyclic) bond motifs is 1. The van der Waals surface area contributed by atoms with Crippen molar-refractivity contribution in [3.63, 3.8) is 0 Å². The van der Waals surface area contributed by atoms with Gasteiger partial charge in [0.2, 0.25) is 11.8 Å². The molecule has 2 amide bonds. The van der Waals surface area contributed by atoms with E-state index in [4.69, 9.17) is 16.0 Å². The van der Waals surface area contributed by atoms with Crippen LogP contribution in [0.5, 0.6) is 0 Å². The number of aromatic nitrogens is 2. The maximum Gasteiger partial charge on any atom is 0.326 e. The van der Waals surface area contributed by atoms with Gasteiger partial charge in [-0.05, 0) is 61.4 Å². The molecule has 37 heavy (non-hydrogen) atoms. The van der Waals surface area contributed by atoms with E-state index < -0.39 is 6.04 Å². The van der Waals surface area contributed by atoms with Gasteiger partial charge < -0.3 is 19.6 Å². The fourth-order valence-electron chi connectivity index (χ4n) is 4.75. The van der Waals surface area contributed by atoms with E-state index in [1.165, 1.54) is 11.8 Å². The van der Waals surface area contributed by atoms with Gasteiger partial charge in [0.05, 0.1) is 23.0 Å². The number of hydrogen-bond acceptors (Lipinski definition) is 5. The van der Waals surface area contributed by atoms with Crippen LogP contribution in [0, 0.1) is 0 Å². The zero-order chi connectivity index (χ0) is 25.8. The molecule has 2 aromatic carbocycles. The summed E-state index contributed by atoms with van der Waals surface area (Å²) in [5.74, 6) is 0.426. The third kappa shape index (κ3) is 5.94. The minimum atomic E-state index is -0.739. The first-order valence-electron chi connectivity index (χ1n) is 12.2. The molecule has 4 aromatic rings. The highest BCUT2D eigenvalue weighted by Gasteiger charge is 2.31. The number of hydrogen-bond donors (Lipinski definition) is 2. The summed E-state index contributed by atoms with van der Waals surface area (Å²) in [6.45, 7) is 0.999. The number of imidazole rings is 1. The van der Waals surface area contributed by atoms with Crippen LogP contribution in [0.25, 0.3) is 11.0 Å². The van der Waals surface area contributed by atoms with Crippen LogP contribution >= 0.6 is 23.4 Å². The number of thioether (sulfide) groups is 1. The summed E-state index contributed by atoms with van der Waals surface area (Å²) in [5.41, 5.74) is 1.55. The molecule has 1 fully saturated rings. The van der Waals surface area contributed by atoms with Crippen LogP contribution in [0.15, 0.2) is 81.0 Å². The molecular weight excluding hydrogens is 512 g/mol. The zero-order valence-corrected chi connectivity index (χ0v) is 21.6. The highest BCUT2D eigenvalue weighted by Crippen LogP contribution is 2.26. The Hall–Kier alpha value is -3.43. The van der Waals surface area contributed by atoms with Gasteiger partial charge in [-0.1, -0.05) is 23.7 Å². The molecule has 2 N–H and O–H groups in total. The molecule has 0 radical (unpaired) electrons. The Morgan fingerprint density at radius 2 is 1.84 bits per heavy atom. The lowest BCUT2D eigenvalue weighted by Gasteiger charge is -2.34. The molecule has 0 bridgehead atoms. The van der Waals surface area contributed by atoms with Gasteiger partial charge in [0.25, 0.3) is 0 Å². The maximum atomic E-state index is 13.5. The molecule has 2 aromatic heterocycles. The van der Waals surface area contributed by atoms with E-state index in [1.807, 2.05) is 36.4 Å². The lowest BCUT2D eigenvalue weighted by molar-refractivity contribution is -0.137. The molecule has 1 atom stereocenters. The predicted octanol–water partition coefficient (Wildman–Crippen LogP) is 4.26. The Labute approximate surface area is 223 Å². The molecule has 0 spiro atoms. The van der Waals surface area contributed by atoms with Crippen LogP contribution in [0.1, 0.15) is 24.6 Å². The minimum absolute atomic E-state index is 0.00147. The Morgan fingerprint density at radius 3 is 2.57 bits per heavy atom. The molecule has 1 unspecified atom stereocenters. The van der Waals surface area contributed by atoms with Crippen LogP contribution in [0.4, 0.5) is 0 Å². The van der Waals surface area contributed by atoms with Crippen molar-refractivity contribution in [2.45, 2.75) is 36.2 Å². The molecule has 8 nitrogen and oxygen atoms in total. The first-order valence-corrected chi connectivity index (χ1v) is 13.5. The number of benzene rings is 2. The van der Waals surface area contributed by atoms with Crippen LogP contribution in [-0.4, -0.2) is 51.1 Å². The van der Waals surface area contributed by atoms with Crippen molar-refractivity contribution in [3.8, 4) is 0 Å². The van der Waals surface area contributed by atoms with Gasteiger partial charge in [0.15, 0.2) is 0 Å². The highest BCUT2D eigenvalue weighted by molar-refractivity contribution is 8.00. The molecule has 5 rings (SSSR count). The van der Waals surface area contributed by atoms with Gasteiger partial charge >= 0.3 is 5.69 Å². The summed E-state index contributed by atoms with van der Waals surface area (Å²) in [6, 6.07) is 17.7. The number of aromatic amines is 1. The van der Waals surface area contributed by atoms with E-state index in [2.05, 4.69) is 10.3 Å². The number of para-hydroxylation sites is 2. The largest absolute Gasteiger partial charge is 0.469 e. The third-order valence-corrected chi connectivity index (χ3v) is 7.83. The number of nitrogens with zero attached hydrogens (tertiary/aromatic N) is 2. The quantitative estimate of drug-likeness (QED) is 0.326. The lowest BCUT2D eigenvalue weighted by atomic mass is 10.0. The van der Waals surface area contributed by atoms with E-state index >= 15 is 0 Å². The first kappa shape index (κ1) is 25.2. The van der Waals surface area contributed by atoms with Gasteiger partial charge in [-0.3, -0.25) is 14.2 Å². The highest BCUT2D eigenvalue weighted by atomic mass is 35.5. The fourth-order valence-corrected chi connectivity index (χ4v) is 5.58. The molecule has 3 heterocycles. The zero-order valence-electron chi connectivity index (χ0n) is 20.1. The van der Waals surface area contributed by atoms with Crippen molar-refractivity contribution in [1.82, 2.24) is 19.8 Å². The summed E-state index contributed by atoms with van der Waals surface area (Å²) in [6.07, 6.45) is 3.13. The van der Waals surface area contributed by atoms with E-state index in [1.54, 1.807) is 40.0 Å². The average Bonchev–Trinajstić information content (AvgIpc) is 3.54. The summed E-state index contributed by atoms with van der Waals surface area (Å²) in [5, 5.41) is 3.54. The van der Waals surface area contributed by atoms with E-state index in [0.717, 1.165) is 15.9 Å². The third-order valence-electron chi connectivity index (χ3n) is 6.57. The number of rotatable bonds is 8. The summed E-state index contributed by atoms with van der Waals surface area (Å²) in [4.78, 5) is 44.5. The van der Waals surface area contributed by atoms with Crippen molar-refractivity contribution in [2.75, 3.05) is 18.8 Å².